The lowest BCUT2D eigenvalue weighted by atomic mass is 9.85. The Labute approximate surface area is 228 Å². The van der Waals surface area contributed by atoms with Gasteiger partial charge in [-0.1, -0.05) is 86.6 Å². The van der Waals surface area contributed by atoms with Gasteiger partial charge in [0.2, 0.25) is 0 Å². The molecule has 4 heteroatoms. The van der Waals surface area contributed by atoms with E-state index in [1.807, 2.05) is 59.4 Å². The van der Waals surface area contributed by atoms with Crippen LogP contribution in [0.15, 0.2) is 85.2 Å². The summed E-state index contributed by atoms with van der Waals surface area (Å²) in [4.78, 5) is 0. The lowest BCUT2D eigenvalue weighted by Gasteiger charge is -2.25. The molecule has 0 radical (unpaired) electrons. The van der Waals surface area contributed by atoms with E-state index in [0.717, 1.165) is 17.0 Å². The van der Waals surface area contributed by atoms with Gasteiger partial charge in [0.1, 0.15) is 23.0 Å². The number of hydrogen-bond acceptors (Lipinski definition) is 3. The molecule has 0 amide bonds. The summed E-state index contributed by atoms with van der Waals surface area (Å²) in [6.07, 6.45) is 3.85. The summed E-state index contributed by atoms with van der Waals surface area (Å²) in [5.41, 5.74) is 4.45. The van der Waals surface area contributed by atoms with E-state index < -0.39 is 0 Å². The van der Waals surface area contributed by atoms with Crippen molar-refractivity contribution in [3.05, 3.63) is 102 Å². The Morgan fingerprint density at radius 2 is 1.08 bits per heavy atom. The molecule has 4 aromatic rings. The molecule has 1 aromatic heterocycles. The molecule has 0 spiro atoms. The van der Waals surface area contributed by atoms with E-state index in [9.17, 15) is 5.11 Å². The van der Waals surface area contributed by atoms with Gasteiger partial charge in [-0.15, -0.1) is 0 Å². The minimum absolute atomic E-state index is 0.103. The van der Waals surface area contributed by atoms with Crippen LogP contribution in [-0.2, 0) is 16.2 Å². The van der Waals surface area contributed by atoms with Crippen molar-refractivity contribution >= 4 is 0 Å². The van der Waals surface area contributed by atoms with Gasteiger partial charge in [0, 0.05) is 24.0 Å². The van der Waals surface area contributed by atoms with Gasteiger partial charge >= 0.3 is 0 Å². The first-order valence-corrected chi connectivity index (χ1v) is 13.1. The lowest BCUT2D eigenvalue weighted by Crippen LogP contribution is -2.13. The van der Waals surface area contributed by atoms with Crippen LogP contribution in [0.2, 0.25) is 0 Å². The van der Waals surface area contributed by atoms with E-state index in [1.54, 1.807) is 18.2 Å². The standard InChI is InChI=1S/C24H29NO2.C10H14O/c1-23(2,3)17-9-11-18(12-10-17)27-22-16-21(26)20(25-13-7-8-14-25)15-19(22)24(4,5)6;1-10(2,3)8-4-6-9(11)7-5-8/h7-16,26H,1-6H3;4-7,11H,1-3H3. The third-order valence-electron chi connectivity index (χ3n) is 6.45. The summed E-state index contributed by atoms with van der Waals surface area (Å²) in [5.74, 6) is 1.97. The van der Waals surface area contributed by atoms with Gasteiger partial charge < -0.3 is 19.5 Å². The smallest absolute Gasteiger partial charge is 0.143 e. The molecule has 0 bridgehead atoms. The van der Waals surface area contributed by atoms with Crippen molar-refractivity contribution < 1.29 is 14.9 Å². The lowest BCUT2D eigenvalue weighted by molar-refractivity contribution is 0.437. The number of nitrogens with zero attached hydrogens (tertiary/aromatic N) is 1. The van der Waals surface area contributed by atoms with Crippen LogP contribution in [0.4, 0.5) is 0 Å². The van der Waals surface area contributed by atoms with Crippen molar-refractivity contribution in [1.82, 2.24) is 4.57 Å². The second-order valence-corrected chi connectivity index (χ2v) is 12.9. The largest absolute Gasteiger partial charge is 0.508 e. The van der Waals surface area contributed by atoms with Crippen molar-refractivity contribution in [1.29, 1.82) is 0 Å². The second-order valence-electron chi connectivity index (χ2n) is 12.9. The first-order chi connectivity index (χ1) is 17.6. The molecule has 0 saturated carbocycles. The van der Waals surface area contributed by atoms with Crippen LogP contribution in [0, 0.1) is 0 Å². The van der Waals surface area contributed by atoms with Crippen LogP contribution >= 0.6 is 0 Å². The molecule has 4 rings (SSSR count). The highest BCUT2D eigenvalue weighted by Gasteiger charge is 2.23. The van der Waals surface area contributed by atoms with Crippen LogP contribution in [0.25, 0.3) is 5.69 Å². The summed E-state index contributed by atoms with van der Waals surface area (Å²) < 4.78 is 8.10. The summed E-state index contributed by atoms with van der Waals surface area (Å²) in [6, 6.07) is 23.1. The van der Waals surface area contributed by atoms with E-state index in [0.29, 0.717) is 11.5 Å². The number of benzene rings is 3. The highest BCUT2D eigenvalue weighted by atomic mass is 16.5. The van der Waals surface area contributed by atoms with E-state index in [2.05, 4.69) is 74.4 Å². The van der Waals surface area contributed by atoms with Gasteiger partial charge in [-0.3, -0.25) is 0 Å². The van der Waals surface area contributed by atoms with Gasteiger partial charge in [-0.25, -0.2) is 0 Å². The maximum atomic E-state index is 10.6. The highest BCUT2D eigenvalue weighted by Crippen LogP contribution is 2.40. The van der Waals surface area contributed by atoms with Gasteiger partial charge in [-0.05, 0) is 69.8 Å². The van der Waals surface area contributed by atoms with Crippen LogP contribution in [-0.4, -0.2) is 14.8 Å². The fourth-order valence-corrected chi connectivity index (χ4v) is 4.04. The number of aromatic nitrogens is 1. The summed E-state index contributed by atoms with van der Waals surface area (Å²) in [7, 11) is 0. The third-order valence-corrected chi connectivity index (χ3v) is 6.45. The van der Waals surface area contributed by atoms with Gasteiger partial charge in [0.05, 0.1) is 5.69 Å². The van der Waals surface area contributed by atoms with E-state index in [4.69, 9.17) is 9.84 Å². The molecule has 202 valence electrons. The predicted octanol–water partition coefficient (Wildman–Crippen LogP) is 9.26. The number of ether oxygens (including phenoxy) is 1. The van der Waals surface area contributed by atoms with Crippen molar-refractivity contribution in [3.8, 4) is 28.7 Å². The van der Waals surface area contributed by atoms with Crippen LogP contribution in [0.3, 0.4) is 0 Å². The average molecular weight is 514 g/mol. The Kier molecular flexibility index (Phi) is 8.36. The molecule has 1 heterocycles. The number of rotatable bonds is 3. The fourth-order valence-electron chi connectivity index (χ4n) is 4.04. The molecule has 3 aromatic carbocycles. The van der Waals surface area contributed by atoms with Crippen molar-refractivity contribution in [2.75, 3.05) is 0 Å². The minimum Gasteiger partial charge on any atom is -0.508 e. The molecule has 2 N–H and O–H groups in total. The molecule has 4 nitrogen and oxygen atoms in total. The number of aromatic hydroxyl groups is 2. The molecular formula is C34H43NO3. The monoisotopic (exact) mass is 513 g/mol. The minimum atomic E-state index is -0.129. The van der Waals surface area contributed by atoms with E-state index in [1.165, 1.54) is 11.1 Å². The first-order valence-electron chi connectivity index (χ1n) is 13.1. The molecule has 0 unspecified atom stereocenters. The van der Waals surface area contributed by atoms with Crippen molar-refractivity contribution in [2.24, 2.45) is 0 Å². The quantitative estimate of drug-likeness (QED) is 0.287. The number of phenols is 2. The Morgan fingerprint density at radius 1 is 0.605 bits per heavy atom. The Bertz CT molecular complexity index is 1310. The predicted molar refractivity (Wildman–Crippen MR) is 158 cm³/mol. The first kappa shape index (κ1) is 28.9. The van der Waals surface area contributed by atoms with Gasteiger partial charge in [-0.2, -0.15) is 0 Å². The second kappa shape index (κ2) is 11.0. The number of phenolic OH excluding ortho intramolecular Hbond substituents is 2. The van der Waals surface area contributed by atoms with E-state index >= 15 is 0 Å². The van der Waals surface area contributed by atoms with Crippen molar-refractivity contribution in [3.63, 3.8) is 0 Å². The summed E-state index contributed by atoms with van der Waals surface area (Å²) >= 11 is 0. The third kappa shape index (κ3) is 7.44. The molecule has 38 heavy (non-hydrogen) atoms. The fraction of sp³-hybridized carbons (Fsp3) is 0.353. The topological polar surface area (TPSA) is 54.6 Å². The van der Waals surface area contributed by atoms with Crippen molar-refractivity contribution in [2.45, 2.75) is 78.6 Å². The zero-order valence-corrected chi connectivity index (χ0v) is 24.3. The Morgan fingerprint density at radius 3 is 1.53 bits per heavy atom. The van der Waals surface area contributed by atoms with Crippen LogP contribution < -0.4 is 4.74 Å². The van der Waals surface area contributed by atoms with Gasteiger partial charge in [0.15, 0.2) is 0 Å². The van der Waals surface area contributed by atoms with Gasteiger partial charge in [0.25, 0.3) is 0 Å². The normalized spacial score (nSPS) is 12.0. The maximum absolute atomic E-state index is 10.6. The molecular weight excluding hydrogens is 470 g/mol. The highest BCUT2D eigenvalue weighted by molar-refractivity contribution is 5.57. The molecule has 0 aliphatic heterocycles. The molecule has 0 aliphatic rings. The summed E-state index contributed by atoms with van der Waals surface area (Å²) in [6.45, 7) is 19.5. The molecule has 0 aliphatic carbocycles. The molecule has 0 fully saturated rings. The average Bonchev–Trinajstić information content (AvgIpc) is 3.33. The van der Waals surface area contributed by atoms with Crippen LogP contribution in [0.1, 0.15) is 79.0 Å². The van der Waals surface area contributed by atoms with Crippen LogP contribution in [0.5, 0.6) is 23.0 Å². The summed E-state index contributed by atoms with van der Waals surface area (Å²) in [5, 5.41) is 19.6. The molecule has 0 saturated heterocycles. The molecule has 0 atom stereocenters. The number of hydrogen-bond donors (Lipinski definition) is 2. The Hall–Kier alpha value is -3.66. The van der Waals surface area contributed by atoms with E-state index in [-0.39, 0.29) is 22.0 Å². The Balaban J connectivity index is 0.000000304. The zero-order chi connectivity index (χ0) is 28.3. The zero-order valence-electron chi connectivity index (χ0n) is 24.3. The maximum Gasteiger partial charge on any atom is 0.143 e. The SMILES string of the molecule is CC(C)(C)c1ccc(O)cc1.CC(C)(C)c1ccc(Oc2cc(O)c(-n3cccc3)cc2C(C)(C)C)cc1.